The van der Waals surface area contributed by atoms with E-state index in [4.69, 9.17) is 4.74 Å². The van der Waals surface area contributed by atoms with Crippen LogP contribution in [0.2, 0.25) is 0 Å². The summed E-state index contributed by atoms with van der Waals surface area (Å²) in [5, 5.41) is 9.42. The van der Waals surface area contributed by atoms with E-state index >= 15 is 0 Å². The monoisotopic (exact) mass is 499 g/mol. The Kier molecular flexibility index (Phi) is 8.08. The molecule has 1 fully saturated rings. The number of thioether (sulfide) groups is 1. The van der Waals surface area contributed by atoms with Crippen LogP contribution in [0.4, 0.5) is 4.79 Å². The van der Waals surface area contributed by atoms with E-state index in [0.29, 0.717) is 13.0 Å². The highest BCUT2D eigenvalue weighted by atomic mass is 32.2. The van der Waals surface area contributed by atoms with Crippen molar-refractivity contribution < 1.29 is 14.6 Å². The van der Waals surface area contributed by atoms with Crippen LogP contribution >= 0.6 is 11.8 Å². The molecule has 1 aliphatic heterocycles. The van der Waals surface area contributed by atoms with Gasteiger partial charge in [-0.25, -0.2) is 4.79 Å². The molecule has 2 atom stereocenters. The molecule has 0 aliphatic carbocycles. The average molecular weight is 500 g/mol. The van der Waals surface area contributed by atoms with Crippen molar-refractivity contribution in [2.45, 2.75) is 48.8 Å². The van der Waals surface area contributed by atoms with E-state index in [9.17, 15) is 9.90 Å². The zero-order chi connectivity index (χ0) is 25.6. The highest BCUT2D eigenvalue weighted by molar-refractivity contribution is 8.01. The Morgan fingerprint density at radius 2 is 1.39 bits per heavy atom. The lowest BCUT2D eigenvalue weighted by Gasteiger charge is -2.37. The first-order chi connectivity index (χ1) is 17.3. The first kappa shape index (κ1) is 25.9. The predicted molar refractivity (Wildman–Crippen MR) is 147 cm³/mol. The quantitative estimate of drug-likeness (QED) is 0.341. The number of amides is 1. The van der Waals surface area contributed by atoms with E-state index in [1.807, 2.05) is 50.7 Å². The minimum absolute atomic E-state index is 0.0936. The predicted octanol–water partition coefficient (Wildman–Crippen LogP) is 6.09. The van der Waals surface area contributed by atoms with Crippen LogP contribution in [0.15, 0.2) is 91.0 Å². The van der Waals surface area contributed by atoms with Gasteiger partial charge in [0.1, 0.15) is 12.2 Å². The van der Waals surface area contributed by atoms with Gasteiger partial charge in [0.05, 0.1) is 10.8 Å². The molecule has 0 aromatic heterocycles. The lowest BCUT2D eigenvalue weighted by atomic mass is 9.84. The Morgan fingerprint density at radius 3 is 1.81 bits per heavy atom. The van der Waals surface area contributed by atoms with Crippen molar-refractivity contribution in [3.8, 4) is 11.8 Å². The third-order valence-corrected chi connectivity index (χ3v) is 7.86. The SMILES string of the molecule is CC(C)(C)OC(=O)N1C[C@@H](SC(c2ccccc2)(c2ccccc2)c2ccccc2)C[C@H]1C#CCO. The number of benzene rings is 3. The first-order valence-electron chi connectivity index (χ1n) is 12.3. The third kappa shape index (κ3) is 5.78. The maximum atomic E-state index is 13.1. The highest BCUT2D eigenvalue weighted by Gasteiger charge is 2.44. The molecule has 1 aliphatic rings. The molecule has 0 radical (unpaired) electrons. The summed E-state index contributed by atoms with van der Waals surface area (Å²) in [5.41, 5.74) is 2.95. The van der Waals surface area contributed by atoms with Crippen LogP contribution in [0.25, 0.3) is 0 Å². The van der Waals surface area contributed by atoms with Crippen LogP contribution in [-0.4, -0.2) is 46.1 Å². The van der Waals surface area contributed by atoms with Crippen molar-refractivity contribution in [3.05, 3.63) is 108 Å². The van der Waals surface area contributed by atoms with Crippen LogP contribution in [-0.2, 0) is 9.48 Å². The molecule has 0 bridgehead atoms. The molecule has 3 aromatic carbocycles. The van der Waals surface area contributed by atoms with Gasteiger partial charge in [-0.2, -0.15) is 0 Å². The van der Waals surface area contributed by atoms with Crippen LogP contribution in [0.5, 0.6) is 0 Å². The molecule has 0 saturated carbocycles. The fourth-order valence-electron chi connectivity index (χ4n) is 4.68. The van der Waals surface area contributed by atoms with E-state index in [1.165, 1.54) is 16.7 Å². The molecule has 1 N–H and O–H groups in total. The molecule has 4 nitrogen and oxygen atoms in total. The Hall–Kier alpha value is -3.20. The molecular formula is C31H33NO3S. The molecule has 4 rings (SSSR count). The van der Waals surface area contributed by atoms with Gasteiger partial charge in [-0.05, 0) is 43.9 Å². The van der Waals surface area contributed by atoms with Crippen molar-refractivity contribution in [1.29, 1.82) is 0 Å². The summed E-state index contributed by atoms with van der Waals surface area (Å²) in [4.78, 5) is 14.8. The summed E-state index contributed by atoms with van der Waals surface area (Å²) in [7, 11) is 0. The number of carbonyl (C=O) groups excluding carboxylic acids is 1. The number of ether oxygens (including phenoxy) is 1. The second kappa shape index (κ2) is 11.2. The maximum absolute atomic E-state index is 13.1. The van der Waals surface area contributed by atoms with Gasteiger partial charge in [0.15, 0.2) is 0 Å². The normalized spacial score (nSPS) is 17.8. The van der Waals surface area contributed by atoms with E-state index in [1.54, 1.807) is 4.90 Å². The topological polar surface area (TPSA) is 49.8 Å². The van der Waals surface area contributed by atoms with E-state index in [2.05, 4.69) is 84.6 Å². The van der Waals surface area contributed by atoms with Gasteiger partial charge in [-0.1, -0.05) is 103 Å². The molecule has 1 amide bonds. The maximum Gasteiger partial charge on any atom is 0.411 e. The lowest BCUT2D eigenvalue weighted by Crippen LogP contribution is -2.39. The molecule has 5 heteroatoms. The van der Waals surface area contributed by atoms with Gasteiger partial charge < -0.3 is 9.84 Å². The number of rotatable bonds is 5. The fraction of sp³-hybridized carbons (Fsp3) is 0.323. The van der Waals surface area contributed by atoms with Gasteiger partial charge >= 0.3 is 6.09 Å². The Bertz CT molecular complexity index is 1100. The molecular weight excluding hydrogens is 466 g/mol. The summed E-state index contributed by atoms with van der Waals surface area (Å²) in [6.07, 6.45) is 0.318. The summed E-state index contributed by atoms with van der Waals surface area (Å²) in [6, 6.07) is 31.3. The van der Waals surface area contributed by atoms with E-state index < -0.39 is 10.3 Å². The van der Waals surface area contributed by atoms with E-state index in [0.717, 1.165) is 0 Å². The summed E-state index contributed by atoms with van der Waals surface area (Å²) in [5.74, 6) is 5.86. The Balaban J connectivity index is 1.78. The second-order valence-corrected chi connectivity index (χ2v) is 11.4. The number of carbonyl (C=O) groups is 1. The molecule has 36 heavy (non-hydrogen) atoms. The minimum Gasteiger partial charge on any atom is -0.444 e. The number of nitrogens with zero attached hydrogens (tertiary/aromatic N) is 1. The van der Waals surface area contributed by atoms with Crippen molar-refractivity contribution in [2.75, 3.05) is 13.2 Å². The van der Waals surface area contributed by atoms with Gasteiger partial charge in [0, 0.05) is 11.8 Å². The van der Waals surface area contributed by atoms with Crippen molar-refractivity contribution >= 4 is 17.9 Å². The fourth-order valence-corrected chi connectivity index (χ4v) is 6.51. The standard InChI is InChI=1S/C31H33NO3S/c1-30(2,3)35-29(34)32-23-28(22-27(32)20-13-21-33)36-31(24-14-7-4-8-15-24,25-16-9-5-10-17-25)26-18-11-6-12-19-26/h4-12,14-19,27-28,33H,21-23H2,1-3H3/t27-,28+/m1/s1. The number of likely N-dealkylation sites (tertiary alicyclic amines) is 1. The van der Waals surface area contributed by atoms with Crippen LogP contribution in [0.1, 0.15) is 43.9 Å². The molecule has 1 saturated heterocycles. The second-order valence-electron chi connectivity index (χ2n) is 9.88. The smallest absolute Gasteiger partial charge is 0.411 e. The molecule has 3 aromatic rings. The van der Waals surface area contributed by atoms with Crippen LogP contribution in [0, 0.1) is 11.8 Å². The molecule has 1 heterocycles. The van der Waals surface area contributed by atoms with Gasteiger partial charge in [-0.15, -0.1) is 11.8 Å². The van der Waals surface area contributed by atoms with Gasteiger partial charge in [0.2, 0.25) is 0 Å². The zero-order valence-corrected chi connectivity index (χ0v) is 21.9. The van der Waals surface area contributed by atoms with E-state index in [-0.39, 0.29) is 24.0 Å². The number of hydrogen-bond donors (Lipinski definition) is 1. The average Bonchev–Trinajstić information content (AvgIpc) is 3.29. The van der Waals surface area contributed by atoms with Gasteiger partial charge in [0.25, 0.3) is 0 Å². The third-order valence-electron chi connectivity index (χ3n) is 6.12. The molecule has 186 valence electrons. The molecule has 0 spiro atoms. The largest absolute Gasteiger partial charge is 0.444 e. The molecule has 0 unspecified atom stereocenters. The summed E-state index contributed by atoms with van der Waals surface area (Å²) < 4.78 is 5.23. The summed E-state index contributed by atoms with van der Waals surface area (Å²) >= 11 is 1.86. The zero-order valence-electron chi connectivity index (χ0n) is 21.1. The van der Waals surface area contributed by atoms with Crippen LogP contribution < -0.4 is 0 Å². The minimum atomic E-state index is -0.598. The number of hydrogen-bond acceptors (Lipinski definition) is 4. The highest BCUT2D eigenvalue weighted by Crippen LogP contribution is 2.52. The van der Waals surface area contributed by atoms with Crippen LogP contribution in [0.3, 0.4) is 0 Å². The van der Waals surface area contributed by atoms with Crippen molar-refractivity contribution in [1.82, 2.24) is 4.90 Å². The summed E-state index contributed by atoms with van der Waals surface area (Å²) in [6.45, 7) is 5.88. The Labute approximate surface area is 218 Å². The van der Waals surface area contributed by atoms with Gasteiger partial charge in [-0.3, -0.25) is 4.90 Å². The van der Waals surface area contributed by atoms with Crippen molar-refractivity contribution in [2.24, 2.45) is 0 Å². The van der Waals surface area contributed by atoms with Crippen molar-refractivity contribution in [3.63, 3.8) is 0 Å². The number of aliphatic hydroxyl groups excluding tert-OH is 1. The Morgan fingerprint density at radius 1 is 0.917 bits per heavy atom. The lowest BCUT2D eigenvalue weighted by molar-refractivity contribution is 0.0261. The number of aliphatic hydroxyl groups is 1. The first-order valence-corrected chi connectivity index (χ1v) is 13.1.